The van der Waals surface area contributed by atoms with Crippen LogP contribution in [0.3, 0.4) is 0 Å². The minimum absolute atomic E-state index is 0.110. The van der Waals surface area contributed by atoms with E-state index in [0.29, 0.717) is 55.7 Å². The minimum Gasteiger partial charge on any atom is -0.481 e. The van der Waals surface area contributed by atoms with E-state index in [-0.39, 0.29) is 17.9 Å². The summed E-state index contributed by atoms with van der Waals surface area (Å²) in [6, 6.07) is 34.5. The Labute approximate surface area is 404 Å². The summed E-state index contributed by atoms with van der Waals surface area (Å²) in [6.07, 6.45) is 1.31. The molecule has 68 heavy (non-hydrogen) atoms. The maximum atomic E-state index is 14.5. The molecule has 0 spiro atoms. The molecule has 2 aliphatic rings. The van der Waals surface area contributed by atoms with E-state index in [1.54, 1.807) is 24.3 Å². The molecule has 5 aromatic rings. The zero-order chi connectivity index (χ0) is 48.5. The first kappa shape index (κ1) is 51.0. The van der Waals surface area contributed by atoms with Gasteiger partial charge in [0.25, 0.3) is 15.7 Å². The maximum absolute atomic E-state index is 14.5. The second-order valence-electron chi connectivity index (χ2n) is 16.7. The van der Waals surface area contributed by atoms with Gasteiger partial charge in [0.1, 0.15) is 4.90 Å². The number of hydrogen-bond donors (Lipinski definition) is 3. The summed E-state index contributed by atoms with van der Waals surface area (Å²) in [7, 11) is -10.6. The fourth-order valence-corrected chi connectivity index (χ4v) is 12.2. The molecule has 19 heteroatoms. The van der Waals surface area contributed by atoms with Crippen LogP contribution < -0.4 is 20.6 Å². The number of halogens is 4. The predicted molar refractivity (Wildman–Crippen MR) is 263 cm³/mol. The van der Waals surface area contributed by atoms with Gasteiger partial charge in [0.05, 0.1) is 23.5 Å². The van der Waals surface area contributed by atoms with Crippen molar-refractivity contribution >= 4 is 69.3 Å². The van der Waals surface area contributed by atoms with Gasteiger partial charge in [0, 0.05) is 72.2 Å². The Balaban J connectivity index is 1.05. The number of nitrogens with one attached hydrogen (secondary N) is 2. The first-order valence-electron chi connectivity index (χ1n) is 22.4. The molecule has 12 nitrogen and oxygen atoms in total. The molecular formula is C49H54ClF3N5O7PS2. The number of thioether (sulfide) groups is 1. The Bertz CT molecular complexity index is 2670. The number of hydrogen-bond acceptors (Lipinski definition) is 11. The lowest BCUT2D eigenvalue weighted by atomic mass is 9.97. The smallest absolute Gasteiger partial charge is 0.481 e. The van der Waals surface area contributed by atoms with Gasteiger partial charge in [0.2, 0.25) is 0 Å². The van der Waals surface area contributed by atoms with E-state index < -0.39 is 56.9 Å². The van der Waals surface area contributed by atoms with E-state index in [1.807, 2.05) is 66.7 Å². The molecule has 0 aromatic heterocycles. The highest BCUT2D eigenvalue weighted by molar-refractivity contribution is 7.99. The van der Waals surface area contributed by atoms with Crippen LogP contribution in [0.1, 0.15) is 42.1 Å². The van der Waals surface area contributed by atoms with Crippen LogP contribution in [0.4, 0.5) is 24.5 Å². The summed E-state index contributed by atoms with van der Waals surface area (Å²) in [5.41, 5.74) is -1.66. The second kappa shape index (κ2) is 22.7. The molecule has 1 amide bonds. The number of anilines is 2. The van der Waals surface area contributed by atoms with Crippen molar-refractivity contribution in [2.24, 2.45) is 5.92 Å². The predicted octanol–water partition coefficient (Wildman–Crippen LogP) is 9.67. The van der Waals surface area contributed by atoms with E-state index in [2.05, 4.69) is 37.2 Å². The molecule has 2 saturated heterocycles. The van der Waals surface area contributed by atoms with Gasteiger partial charge in [-0.05, 0) is 123 Å². The van der Waals surface area contributed by atoms with E-state index >= 15 is 0 Å². The summed E-state index contributed by atoms with van der Waals surface area (Å²) < 4.78 is 89.9. The van der Waals surface area contributed by atoms with Crippen molar-refractivity contribution in [1.29, 1.82) is 0 Å². The fourth-order valence-electron chi connectivity index (χ4n) is 8.38. The summed E-state index contributed by atoms with van der Waals surface area (Å²) >= 11 is 7.56. The summed E-state index contributed by atoms with van der Waals surface area (Å²) in [6.45, 7) is 6.60. The van der Waals surface area contributed by atoms with E-state index in [1.165, 1.54) is 30.3 Å². The number of carboxylic acids is 1. The van der Waals surface area contributed by atoms with Crippen LogP contribution in [0.2, 0.25) is 5.02 Å². The lowest BCUT2D eigenvalue weighted by molar-refractivity contribution is -0.143. The average Bonchev–Trinajstić information content (AvgIpc) is 3.33. The number of carbonyl (C=O) groups is 2. The van der Waals surface area contributed by atoms with Gasteiger partial charge in [-0.15, -0.1) is 11.8 Å². The summed E-state index contributed by atoms with van der Waals surface area (Å²) in [5.74, 6) is -1.78. The van der Waals surface area contributed by atoms with Gasteiger partial charge < -0.3 is 24.7 Å². The second-order valence-corrected chi connectivity index (χ2v) is 22.3. The van der Waals surface area contributed by atoms with Crippen molar-refractivity contribution in [1.82, 2.24) is 14.9 Å². The monoisotopic (exact) mass is 1010 g/mol. The van der Waals surface area contributed by atoms with Crippen molar-refractivity contribution in [3.8, 4) is 11.1 Å². The average molecular weight is 1010 g/mol. The molecule has 2 fully saturated rings. The summed E-state index contributed by atoms with van der Waals surface area (Å²) in [4.78, 5) is 31.6. The number of sulfone groups is 1. The van der Waals surface area contributed by atoms with Crippen LogP contribution in [0.25, 0.3) is 11.1 Å². The molecule has 2 atom stereocenters. The van der Waals surface area contributed by atoms with Crippen molar-refractivity contribution in [2.45, 2.75) is 54.1 Å². The highest BCUT2D eigenvalue weighted by Gasteiger charge is 2.49. The Kier molecular flexibility index (Phi) is 17.0. The number of piperazine rings is 1. The molecule has 362 valence electrons. The normalized spacial score (nSPS) is 16.8. The number of benzene rings is 5. The number of carbonyl (C=O) groups excluding carboxylic acids is 1. The lowest BCUT2D eigenvalue weighted by Gasteiger charge is -2.36. The third kappa shape index (κ3) is 12.9. The van der Waals surface area contributed by atoms with Crippen LogP contribution >= 0.6 is 30.9 Å². The first-order valence-corrected chi connectivity index (χ1v) is 26.8. The Morgan fingerprint density at radius 2 is 1.53 bits per heavy atom. The van der Waals surface area contributed by atoms with E-state index in [0.717, 1.165) is 60.5 Å². The Morgan fingerprint density at radius 1 is 0.868 bits per heavy atom. The van der Waals surface area contributed by atoms with Crippen molar-refractivity contribution in [2.75, 3.05) is 68.4 Å². The van der Waals surface area contributed by atoms with Crippen LogP contribution in [-0.2, 0) is 30.3 Å². The third-order valence-corrected chi connectivity index (χ3v) is 17.2. The number of alkyl halides is 3. The molecule has 2 aliphatic heterocycles. The standard InChI is InChI=1S/C49H54ClF3N5O7PS2/c1-2-65-66(62,55-47(59)36-14-18-41(19-15-36)58-30-28-57(29-31-58)33-38-8-6-7-11-44(38)35-12-16-39(50)17-13-35)42-20-21-45(46(32-42)68(63,64)49(51,52)53)54-40(34-67-43-9-4-3-5-10-43)24-27-56-25-22-37(23-26-56)48(60)61/h3-21,32,37,40,54H,2,22-31,33-34H2,1H3,(H,60,61)(H,55,59,62)/t40-,66-/m0/s1. The molecule has 3 N–H and O–H groups in total. The number of nitrogens with zero attached hydrogens (tertiary/aromatic N) is 3. The molecular weight excluding hydrogens is 958 g/mol. The SMILES string of the molecule is CCO[P@](=O)(NC(=O)c1ccc(N2CCN(Cc3ccccc3-c3ccc(Cl)cc3)CC2)cc1)c1ccc(N[C@@H](CCN2CCC(C(=O)O)CC2)CSc2ccccc2)c(S(=O)(=O)C(F)(F)F)c1. The third-order valence-electron chi connectivity index (χ3n) is 12.2. The molecule has 0 saturated carbocycles. The van der Waals surface area contributed by atoms with Crippen LogP contribution in [0, 0.1) is 5.92 Å². The number of likely N-dealkylation sites (tertiary alicyclic amines) is 1. The Hall–Kier alpha value is -4.87. The fraction of sp³-hybridized carbons (Fsp3) is 0.347. The molecule has 0 radical (unpaired) electrons. The first-order chi connectivity index (χ1) is 32.5. The highest BCUT2D eigenvalue weighted by Crippen LogP contribution is 2.44. The van der Waals surface area contributed by atoms with Gasteiger partial charge in [-0.3, -0.25) is 24.1 Å². The largest absolute Gasteiger partial charge is 0.501 e. The topological polar surface area (TPSA) is 149 Å². The number of carboxylic acid groups (broad SMARTS) is 1. The van der Waals surface area contributed by atoms with Gasteiger partial charge in [-0.2, -0.15) is 13.2 Å². The molecule has 7 rings (SSSR count). The van der Waals surface area contributed by atoms with Crippen LogP contribution in [0.15, 0.2) is 131 Å². The van der Waals surface area contributed by atoms with E-state index in [4.69, 9.17) is 16.1 Å². The lowest BCUT2D eigenvalue weighted by Crippen LogP contribution is -2.46. The maximum Gasteiger partial charge on any atom is 0.501 e. The zero-order valence-electron chi connectivity index (χ0n) is 37.4. The van der Waals surface area contributed by atoms with Gasteiger partial charge in [0.15, 0.2) is 0 Å². The van der Waals surface area contributed by atoms with E-state index in [9.17, 15) is 40.8 Å². The van der Waals surface area contributed by atoms with Crippen LogP contribution in [-0.4, -0.2) is 105 Å². The number of piperidine rings is 1. The molecule has 0 unspecified atom stereocenters. The minimum atomic E-state index is -6.03. The van der Waals surface area contributed by atoms with Crippen molar-refractivity contribution in [3.63, 3.8) is 0 Å². The highest BCUT2D eigenvalue weighted by atomic mass is 35.5. The van der Waals surface area contributed by atoms with Gasteiger partial charge in [-0.25, -0.2) is 8.42 Å². The Morgan fingerprint density at radius 3 is 2.18 bits per heavy atom. The zero-order valence-corrected chi connectivity index (χ0v) is 40.7. The molecule has 5 aromatic carbocycles. The van der Waals surface area contributed by atoms with Crippen molar-refractivity contribution in [3.05, 3.63) is 137 Å². The molecule has 0 bridgehead atoms. The summed E-state index contributed by atoms with van der Waals surface area (Å²) in [5, 5.41) is 15.1. The van der Waals surface area contributed by atoms with Crippen molar-refractivity contribution < 1.29 is 45.4 Å². The van der Waals surface area contributed by atoms with Crippen LogP contribution in [0.5, 0.6) is 0 Å². The molecule has 2 heterocycles. The number of aliphatic carboxylic acids is 1. The van der Waals surface area contributed by atoms with Gasteiger partial charge >= 0.3 is 19.0 Å². The van der Waals surface area contributed by atoms with Gasteiger partial charge in [-0.1, -0.05) is 66.2 Å². The number of amides is 1. The number of rotatable bonds is 19. The quantitative estimate of drug-likeness (QED) is 0.0535. The molecule has 0 aliphatic carbocycles.